The minimum absolute atomic E-state index is 0.161. The maximum absolute atomic E-state index is 9.40. The Kier molecular flexibility index (Phi) is 3.23. The van der Waals surface area contributed by atoms with Gasteiger partial charge in [-0.05, 0) is 17.7 Å². The number of hydrogen-bond donors (Lipinski definition) is 1. The van der Waals surface area contributed by atoms with Gasteiger partial charge in [-0.2, -0.15) is 0 Å². The van der Waals surface area contributed by atoms with Crippen molar-refractivity contribution in [2.24, 2.45) is 0 Å². The predicted molar refractivity (Wildman–Crippen MR) is 73.8 cm³/mol. The topological polar surface area (TPSA) is 33.1 Å². The van der Waals surface area contributed by atoms with Crippen LogP contribution in [0, 0.1) is 0 Å². The van der Waals surface area contributed by atoms with Crippen LogP contribution >= 0.6 is 11.3 Å². The minimum atomic E-state index is -0.184. The fourth-order valence-corrected chi connectivity index (χ4v) is 2.71. The quantitative estimate of drug-likeness (QED) is 0.900. The second kappa shape index (κ2) is 4.39. The Labute approximate surface area is 106 Å². The Balaban J connectivity index is 2.50. The van der Waals surface area contributed by atoms with E-state index >= 15 is 0 Å². The van der Waals surface area contributed by atoms with Crippen molar-refractivity contribution < 1.29 is 5.11 Å². The van der Waals surface area contributed by atoms with Gasteiger partial charge in [-0.3, -0.25) is 0 Å². The maximum atomic E-state index is 9.40. The molecule has 0 spiro atoms. The number of nitrogens with zero attached hydrogens (tertiary/aromatic N) is 1. The molecule has 0 aliphatic heterocycles. The van der Waals surface area contributed by atoms with Gasteiger partial charge >= 0.3 is 0 Å². The first kappa shape index (κ1) is 12.5. The summed E-state index contributed by atoms with van der Waals surface area (Å²) in [5, 5.41) is 10.6. The van der Waals surface area contributed by atoms with Gasteiger partial charge in [0, 0.05) is 11.3 Å². The van der Waals surface area contributed by atoms with Crippen molar-refractivity contribution in [3.63, 3.8) is 0 Å². The van der Waals surface area contributed by atoms with Crippen LogP contribution in [0.15, 0.2) is 18.2 Å². The summed E-state index contributed by atoms with van der Waals surface area (Å²) in [4.78, 5) is 4.62. The Morgan fingerprint density at radius 2 is 2.06 bits per heavy atom. The Morgan fingerprint density at radius 1 is 1.35 bits per heavy atom. The van der Waals surface area contributed by atoms with Crippen molar-refractivity contribution in [2.75, 3.05) is 6.61 Å². The lowest BCUT2D eigenvalue weighted by Gasteiger charge is -2.21. The average molecular weight is 249 g/mol. The lowest BCUT2D eigenvalue weighted by molar-refractivity contribution is 0.218. The van der Waals surface area contributed by atoms with Crippen LogP contribution in [0.4, 0.5) is 0 Å². The first-order valence-electron chi connectivity index (χ1n) is 5.96. The van der Waals surface area contributed by atoms with Crippen LogP contribution in [-0.2, 0) is 5.41 Å². The molecule has 2 aromatic rings. The SMILES string of the molecule is CC(C)c1nc2ccc(C(C)(C)CO)cc2s1. The number of aliphatic hydroxyl groups is 1. The van der Waals surface area contributed by atoms with Crippen LogP contribution in [0.2, 0.25) is 0 Å². The van der Waals surface area contributed by atoms with E-state index in [-0.39, 0.29) is 12.0 Å². The molecular formula is C14H19NOS. The number of thiazole rings is 1. The van der Waals surface area contributed by atoms with Crippen molar-refractivity contribution in [3.8, 4) is 0 Å². The van der Waals surface area contributed by atoms with E-state index in [0.29, 0.717) is 5.92 Å². The molecule has 1 heterocycles. The van der Waals surface area contributed by atoms with Gasteiger partial charge in [-0.15, -0.1) is 11.3 Å². The number of aliphatic hydroxyl groups excluding tert-OH is 1. The molecule has 0 saturated carbocycles. The van der Waals surface area contributed by atoms with Crippen molar-refractivity contribution in [1.82, 2.24) is 4.98 Å². The number of benzene rings is 1. The minimum Gasteiger partial charge on any atom is -0.395 e. The second-order valence-corrected chi connectivity index (χ2v) is 6.49. The largest absolute Gasteiger partial charge is 0.395 e. The van der Waals surface area contributed by atoms with E-state index in [1.807, 2.05) is 0 Å². The Bertz CT molecular complexity index is 528. The molecule has 17 heavy (non-hydrogen) atoms. The Hall–Kier alpha value is -0.930. The number of aromatic nitrogens is 1. The number of hydrogen-bond acceptors (Lipinski definition) is 3. The molecule has 0 radical (unpaired) electrons. The molecule has 0 aliphatic carbocycles. The summed E-state index contributed by atoms with van der Waals surface area (Å²) in [5.74, 6) is 0.474. The molecule has 2 rings (SSSR count). The molecule has 1 aromatic heterocycles. The zero-order chi connectivity index (χ0) is 12.6. The fourth-order valence-electron chi connectivity index (χ4n) is 1.70. The highest BCUT2D eigenvalue weighted by atomic mass is 32.1. The van der Waals surface area contributed by atoms with E-state index in [9.17, 15) is 5.11 Å². The molecule has 92 valence electrons. The van der Waals surface area contributed by atoms with Gasteiger partial charge < -0.3 is 5.11 Å². The van der Waals surface area contributed by atoms with Crippen LogP contribution in [0.3, 0.4) is 0 Å². The number of rotatable bonds is 3. The van der Waals surface area contributed by atoms with E-state index in [0.717, 1.165) is 5.52 Å². The van der Waals surface area contributed by atoms with Gasteiger partial charge in [0.1, 0.15) is 0 Å². The molecule has 0 amide bonds. The highest BCUT2D eigenvalue weighted by Gasteiger charge is 2.20. The van der Waals surface area contributed by atoms with E-state index in [1.165, 1.54) is 15.3 Å². The summed E-state index contributed by atoms with van der Waals surface area (Å²) in [5.41, 5.74) is 2.05. The van der Waals surface area contributed by atoms with Crippen molar-refractivity contribution in [3.05, 3.63) is 28.8 Å². The van der Waals surface area contributed by atoms with Crippen LogP contribution in [-0.4, -0.2) is 16.7 Å². The Morgan fingerprint density at radius 3 is 2.65 bits per heavy atom. The van der Waals surface area contributed by atoms with Crippen LogP contribution in [0.25, 0.3) is 10.2 Å². The highest BCUT2D eigenvalue weighted by molar-refractivity contribution is 7.18. The number of fused-ring (bicyclic) bond motifs is 1. The van der Waals surface area contributed by atoms with E-state index in [4.69, 9.17) is 0 Å². The maximum Gasteiger partial charge on any atom is 0.0963 e. The van der Waals surface area contributed by atoms with Crippen molar-refractivity contribution >= 4 is 21.6 Å². The van der Waals surface area contributed by atoms with E-state index in [2.05, 4.69) is 50.9 Å². The second-order valence-electron chi connectivity index (χ2n) is 5.43. The molecule has 0 unspecified atom stereocenters. The zero-order valence-electron chi connectivity index (χ0n) is 10.8. The summed E-state index contributed by atoms with van der Waals surface area (Å²) >= 11 is 1.75. The zero-order valence-corrected chi connectivity index (χ0v) is 11.6. The van der Waals surface area contributed by atoms with E-state index in [1.54, 1.807) is 11.3 Å². The normalized spacial score (nSPS) is 12.6. The first-order valence-corrected chi connectivity index (χ1v) is 6.77. The molecule has 0 fully saturated rings. The third kappa shape index (κ3) is 2.35. The van der Waals surface area contributed by atoms with Crippen LogP contribution in [0.1, 0.15) is 44.2 Å². The standard InChI is InChI=1S/C14H19NOS/c1-9(2)13-15-11-6-5-10(7-12(11)17-13)14(3,4)8-16/h5-7,9,16H,8H2,1-4H3. The summed E-state index contributed by atoms with van der Waals surface area (Å²) < 4.78 is 1.22. The van der Waals surface area contributed by atoms with Gasteiger partial charge in [0.05, 0.1) is 21.8 Å². The third-order valence-electron chi connectivity index (χ3n) is 3.08. The van der Waals surface area contributed by atoms with Crippen LogP contribution < -0.4 is 0 Å². The summed E-state index contributed by atoms with van der Waals surface area (Å²) in [7, 11) is 0. The average Bonchev–Trinajstić information content (AvgIpc) is 2.71. The van der Waals surface area contributed by atoms with Crippen molar-refractivity contribution in [1.29, 1.82) is 0 Å². The van der Waals surface area contributed by atoms with Crippen LogP contribution in [0.5, 0.6) is 0 Å². The molecule has 0 bridgehead atoms. The van der Waals surface area contributed by atoms with Gasteiger partial charge in [0.25, 0.3) is 0 Å². The smallest absolute Gasteiger partial charge is 0.0963 e. The van der Waals surface area contributed by atoms with Crippen molar-refractivity contribution in [2.45, 2.75) is 39.0 Å². The summed E-state index contributed by atoms with van der Waals surface area (Å²) in [6, 6.07) is 6.29. The van der Waals surface area contributed by atoms with E-state index < -0.39 is 0 Å². The fraction of sp³-hybridized carbons (Fsp3) is 0.500. The first-order chi connectivity index (χ1) is 7.94. The molecule has 0 saturated heterocycles. The highest BCUT2D eigenvalue weighted by Crippen LogP contribution is 2.31. The lowest BCUT2D eigenvalue weighted by Crippen LogP contribution is -2.21. The summed E-state index contributed by atoms with van der Waals surface area (Å²) in [6.07, 6.45) is 0. The molecule has 0 atom stereocenters. The monoisotopic (exact) mass is 249 g/mol. The summed E-state index contributed by atoms with van der Waals surface area (Å²) in [6.45, 7) is 8.60. The molecular weight excluding hydrogens is 230 g/mol. The molecule has 1 N–H and O–H groups in total. The van der Waals surface area contributed by atoms with Gasteiger partial charge in [-0.1, -0.05) is 33.8 Å². The predicted octanol–water partition coefficient (Wildman–Crippen LogP) is 3.69. The molecule has 1 aromatic carbocycles. The lowest BCUT2D eigenvalue weighted by atomic mass is 9.86. The third-order valence-corrected chi connectivity index (χ3v) is 4.39. The molecule has 2 nitrogen and oxygen atoms in total. The molecule has 0 aliphatic rings. The van der Waals surface area contributed by atoms with Gasteiger partial charge in [0.15, 0.2) is 0 Å². The van der Waals surface area contributed by atoms with Gasteiger partial charge in [0.2, 0.25) is 0 Å². The molecule has 3 heteroatoms. The van der Waals surface area contributed by atoms with Gasteiger partial charge in [-0.25, -0.2) is 4.98 Å².